The SMILES string of the molecule is CCCCOc1ccccc1NC(=O)c1cc(C)[nH]n1. The fraction of sp³-hybridized carbons (Fsp3) is 0.333. The lowest BCUT2D eigenvalue weighted by Gasteiger charge is -2.11. The third-order valence-electron chi connectivity index (χ3n) is 2.83. The summed E-state index contributed by atoms with van der Waals surface area (Å²) in [5.41, 5.74) is 1.88. The minimum absolute atomic E-state index is 0.249. The maximum absolute atomic E-state index is 12.1. The standard InChI is InChI=1S/C15H19N3O2/c1-3-4-9-20-14-8-6-5-7-12(14)16-15(19)13-10-11(2)17-18-13/h5-8,10H,3-4,9H2,1-2H3,(H,16,19)(H,17,18). The molecule has 1 amide bonds. The normalized spacial score (nSPS) is 10.3. The first-order valence-electron chi connectivity index (χ1n) is 6.76. The Morgan fingerprint density at radius 1 is 1.40 bits per heavy atom. The zero-order valence-electron chi connectivity index (χ0n) is 11.8. The van der Waals surface area contributed by atoms with Gasteiger partial charge in [-0.15, -0.1) is 0 Å². The first-order chi connectivity index (χ1) is 9.70. The average molecular weight is 273 g/mol. The van der Waals surface area contributed by atoms with Gasteiger partial charge >= 0.3 is 0 Å². The highest BCUT2D eigenvalue weighted by atomic mass is 16.5. The molecule has 1 aromatic heterocycles. The highest BCUT2D eigenvalue weighted by Crippen LogP contribution is 2.24. The molecule has 5 nitrogen and oxygen atoms in total. The van der Waals surface area contributed by atoms with Crippen LogP contribution < -0.4 is 10.1 Å². The van der Waals surface area contributed by atoms with Gasteiger partial charge in [0, 0.05) is 5.69 Å². The number of rotatable bonds is 6. The van der Waals surface area contributed by atoms with Crippen molar-refractivity contribution in [1.82, 2.24) is 10.2 Å². The molecule has 0 spiro atoms. The number of benzene rings is 1. The predicted molar refractivity (Wildman–Crippen MR) is 78.1 cm³/mol. The molecule has 0 saturated carbocycles. The highest BCUT2D eigenvalue weighted by molar-refractivity contribution is 6.03. The number of para-hydroxylation sites is 2. The van der Waals surface area contributed by atoms with Crippen molar-refractivity contribution in [2.45, 2.75) is 26.7 Å². The minimum atomic E-state index is -0.249. The molecule has 2 N–H and O–H groups in total. The Bertz CT molecular complexity index is 578. The molecule has 0 atom stereocenters. The molecule has 20 heavy (non-hydrogen) atoms. The molecule has 5 heteroatoms. The van der Waals surface area contributed by atoms with Gasteiger partial charge in [0.05, 0.1) is 12.3 Å². The number of aryl methyl sites for hydroxylation is 1. The number of H-pyrrole nitrogens is 1. The summed E-state index contributed by atoms with van der Waals surface area (Å²) in [6, 6.07) is 9.11. The van der Waals surface area contributed by atoms with E-state index in [1.54, 1.807) is 6.07 Å². The van der Waals surface area contributed by atoms with E-state index in [2.05, 4.69) is 22.4 Å². The summed E-state index contributed by atoms with van der Waals surface area (Å²) in [6.45, 7) is 4.60. The number of nitrogens with one attached hydrogen (secondary N) is 2. The van der Waals surface area contributed by atoms with Crippen molar-refractivity contribution in [1.29, 1.82) is 0 Å². The summed E-state index contributed by atoms with van der Waals surface area (Å²) in [5, 5.41) is 9.51. The molecule has 1 aromatic carbocycles. The number of carbonyl (C=O) groups is 1. The Hall–Kier alpha value is -2.30. The van der Waals surface area contributed by atoms with E-state index < -0.39 is 0 Å². The van der Waals surface area contributed by atoms with Crippen LogP contribution in [0, 0.1) is 6.92 Å². The molecule has 1 heterocycles. The van der Waals surface area contributed by atoms with E-state index in [1.807, 2.05) is 31.2 Å². The number of ether oxygens (including phenoxy) is 1. The van der Waals surface area contributed by atoms with Crippen molar-refractivity contribution in [3.05, 3.63) is 41.7 Å². The van der Waals surface area contributed by atoms with Crippen LogP contribution in [0.15, 0.2) is 30.3 Å². The molecule has 0 radical (unpaired) electrons. The number of amides is 1. The molecule has 0 aliphatic carbocycles. The minimum Gasteiger partial charge on any atom is -0.491 e. The van der Waals surface area contributed by atoms with Gasteiger partial charge in [-0.2, -0.15) is 5.10 Å². The number of unbranched alkanes of at least 4 members (excludes halogenated alkanes) is 1. The van der Waals surface area contributed by atoms with Gasteiger partial charge in [-0.05, 0) is 31.5 Å². The van der Waals surface area contributed by atoms with Crippen LogP contribution in [0.2, 0.25) is 0 Å². The predicted octanol–water partition coefficient (Wildman–Crippen LogP) is 3.15. The molecular formula is C15H19N3O2. The molecule has 0 fully saturated rings. The van der Waals surface area contributed by atoms with Gasteiger partial charge in [-0.1, -0.05) is 25.5 Å². The van der Waals surface area contributed by atoms with Gasteiger partial charge in [0.2, 0.25) is 0 Å². The fourth-order valence-corrected chi connectivity index (χ4v) is 1.74. The van der Waals surface area contributed by atoms with Crippen molar-refractivity contribution in [3.63, 3.8) is 0 Å². The molecule has 2 rings (SSSR count). The Morgan fingerprint density at radius 3 is 2.90 bits per heavy atom. The number of hydrogen-bond donors (Lipinski definition) is 2. The van der Waals surface area contributed by atoms with Gasteiger partial charge in [-0.25, -0.2) is 0 Å². The first kappa shape index (κ1) is 14.1. The van der Waals surface area contributed by atoms with E-state index in [4.69, 9.17) is 4.74 Å². The van der Waals surface area contributed by atoms with E-state index in [-0.39, 0.29) is 5.91 Å². The van der Waals surface area contributed by atoms with Crippen molar-refractivity contribution in [2.24, 2.45) is 0 Å². The molecule has 2 aromatic rings. The van der Waals surface area contributed by atoms with Crippen LogP contribution in [0.3, 0.4) is 0 Å². The van der Waals surface area contributed by atoms with Crippen LogP contribution in [-0.2, 0) is 0 Å². The average Bonchev–Trinajstić information content (AvgIpc) is 2.88. The third kappa shape index (κ3) is 3.60. The first-order valence-corrected chi connectivity index (χ1v) is 6.76. The Morgan fingerprint density at radius 2 is 2.20 bits per heavy atom. The summed E-state index contributed by atoms with van der Waals surface area (Å²) >= 11 is 0. The van der Waals surface area contributed by atoms with Crippen LogP contribution in [0.5, 0.6) is 5.75 Å². The molecule has 0 aliphatic rings. The summed E-state index contributed by atoms with van der Waals surface area (Å²) in [6.07, 6.45) is 2.06. The van der Waals surface area contributed by atoms with Crippen LogP contribution in [-0.4, -0.2) is 22.7 Å². The van der Waals surface area contributed by atoms with E-state index in [0.29, 0.717) is 23.7 Å². The monoisotopic (exact) mass is 273 g/mol. The van der Waals surface area contributed by atoms with Crippen LogP contribution in [0.1, 0.15) is 35.9 Å². The molecule has 0 unspecified atom stereocenters. The van der Waals surface area contributed by atoms with E-state index in [9.17, 15) is 4.79 Å². The molecule has 0 bridgehead atoms. The van der Waals surface area contributed by atoms with Gasteiger partial charge in [-0.3, -0.25) is 9.89 Å². The topological polar surface area (TPSA) is 67.0 Å². The number of nitrogens with zero attached hydrogens (tertiary/aromatic N) is 1. The lowest BCUT2D eigenvalue weighted by molar-refractivity contribution is 0.102. The van der Waals surface area contributed by atoms with Gasteiger partial charge in [0.1, 0.15) is 5.75 Å². The summed E-state index contributed by atoms with van der Waals surface area (Å²) in [5.74, 6) is 0.433. The van der Waals surface area contributed by atoms with Crippen molar-refractivity contribution in [3.8, 4) is 5.75 Å². The summed E-state index contributed by atoms with van der Waals surface area (Å²) in [7, 11) is 0. The second-order valence-electron chi connectivity index (χ2n) is 4.59. The van der Waals surface area contributed by atoms with Crippen LogP contribution in [0.25, 0.3) is 0 Å². The number of anilines is 1. The Labute approximate surface area is 118 Å². The smallest absolute Gasteiger partial charge is 0.276 e. The number of carbonyl (C=O) groups excluding carboxylic acids is 1. The maximum atomic E-state index is 12.1. The molecule has 0 aliphatic heterocycles. The fourth-order valence-electron chi connectivity index (χ4n) is 1.74. The van der Waals surface area contributed by atoms with Crippen molar-refractivity contribution < 1.29 is 9.53 Å². The van der Waals surface area contributed by atoms with Gasteiger partial charge in [0.25, 0.3) is 5.91 Å². The second-order valence-corrected chi connectivity index (χ2v) is 4.59. The quantitative estimate of drug-likeness (QED) is 0.794. The zero-order chi connectivity index (χ0) is 14.4. The summed E-state index contributed by atoms with van der Waals surface area (Å²) in [4.78, 5) is 12.1. The second kappa shape index (κ2) is 6.75. The van der Waals surface area contributed by atoms with E-state index in [0.717, 1.165) is 18.5 Å². The molecule has 106 valence electrons. The van der Waals surface area contributed by atoms with Crippen molar-refractivity contribution >= 4 is 11.6 Å². The van der Waals surface area contributed by atoms with Gasteiger partial charge in [0.15, 0.2) is 5.69 Å². The molecule has 0 saturated heterocycles. The lowest BCUT2D eigenvalue weighted by atomic mass is 10.2. The Kier molecular flexibility index (Phi) is 4.76. The van der Waals surface area contributed by atoms with Crippen LogP contribution >= 0.6 is 0 Å². The number of aromatic nitrogens is 2. The maximum Gasteiger partial charge on any atom is 0.276 e. The van der Waals surface area contributed by atoms with Crippen molar-refractivity contribution in [2.75, 3.05) is 11.9 Å². The Balaban J connectivity index is 2.06. The van der Waals surface area contributed by atoms with E-state index in [1.165, 1.54) is 0 Å². The largest absolute Gasteiger partial charge is 0.491 e. The molecular weight excluding hydrogens is 254 g/mol. The zero-order valence-corrected chi connectivity index (χ0v) is 11.8. The third-order valence-corrected chi connectivity index (χ3v) is 2.83. The number of hydrogen-bond acceptors (Lipinski definition) is 3. The van der Waals surface area contributed by atoms with E-state index >= 15 is 0 Å². The highest BCUT2D eigenvalue weighted by Gasteiger charge is 2.12. The summed E-state index contributed by atoms with van der Waals surface area (Å²) < 4.78 is 5.68. The number of aromatic amines is 1. The lowest BCUT2D eigenvalue weighted by Crippen LogP contribution is -2.13. The van der Waals surface area contributed by atoms with Gasteiger partial charge < -0.3 is 10.1 Å². The van der Waals surface area contributed by atoms with Crippen LogP contribution in [0.4, 0.5) is 5.69 Å².